The van der Waals surface area contributed by atoms with E-state index in [9.17, 15) is 18.0 Å². The number of alkyl halides is 3. The summed E-state index contributed by atoms with van der Waals surface area (Å²) in [4.78, 5) is 19.6. The Hall–Kier alpha value is -2.55. The highest BCUT2D eigenvalue weighted by molar-refractivity contribution is 5.46. The number of rotatable bonds is 5. The van der Waals surface area contributed by atoms with Gasteiger partial charge in [-0.05, 0) is 13.0 Å². The number of aromatic nitrogens is 2. The van der Waals surface area contributed by atoms with E-state index in [2.05, 4.69) is 4.98 Å². The Kier molecular flexibility index (Phi) is 5.41. The van der Waals surface area contributed by atoms with Gasteiger partial charge in [-0.3, -0.25) is 9.69 Å². The monoisotopic (exact) mass is 383 g/mol. The van der Waals surface area contributed by atoms with E-state index in [-0.39, 0.29) is 24.2 Å². The number of hydrogen-bond donors (Lipinski definition) is 1. The van der Waals surface area contributed by atoms with Crippen LogP contribution in [0.2, 0.25) is 0 Å². The van der Waals surface area contributed by atoms with Crippen LogP contribution < -0.4 is 15.0 Å². The molecule has 2 aromatic rings. The molecule has 27 heavy (non-hydrogen) atoms. The fourth-order valence-electron chi connectivity index (χ4n) is 3.15. The second-order valence-electron chi connectivity index (χ2n) is 6.18. The van der Waals surface area contributed by atoms with E-state index >= 15 is 0 Å². The number of para-hydroxylation sites is 1. The maximum atomic E-state index is 12.8. The first kappa shape index (κ1) is 19.2. The summed E-state index contributed by atoms with van der Waals surface area (Å²) >= 11 is 0. The lowest BCUT2D eigenvalue weighted by molar-refractivity contribution is -0.145. The molecule has 2 heterocycles. The molecule has 0 aliphatic carbocycles. The summed E-state index contributed by atoms with van der Waals surface area (Å²) in [7, 11) is 1.56. The molecule has 1 aromatic carbocycles. The van der Waals surface area contributed by atoms with Gasteiger partial charge in [-0.15, -0.1) is 0 Å². The van der Waals surface area contributed by atoms with Crippen molar-refractivity contribution >= 4 is 0 Å². The minimum atomic E-state index is -4.67. The molecule has 0 radical (unpaired) electrons. The molecule has 9 heteroatoms. The molecule has 146 valence electrons. The molecule has 0 saturated heterocycles. The molecule has 0 unspecified atom stereocenters. The van der Waals surface area contributed by atoms with Crippen molar-refractivity contribution in [3.05, 3.63) is 51.2 Å². The van der Waals surface area contributed by atoms with Crippen LogP contribution >= 0.6 is 0 Å². The summed E-state index contributed by atoms with van der Waals surface area (Å²) < 4.78 is 49.5. The van der Waals surface area contributed by atoms with Gasteiger partial charge >= 0.3 is 6.18 Å². The van der Waals surface area contributed by atoms with Crippen LogP contribution in [0.15, 0.2) is 23.0 Å². The number of methoxy groups -OCH3 is 1. The number of benzene rings is 1. The summed E-state index contributed by atoms with van der Waals surface area (Å²) in [5.74, 6) is -0.0000269. The number of nitrogens with zero attached hydrogens (tertiary/aromatic N) is 2. The van der Waals surface area contributed by atoms with Crippen LogP contribution in [0.25, 0.3) is 0 Å². The third-order valence-electron chi connectivity index (χ3n) is 4.38. The molecule has 0 fully saturated rings. The standard InChI is InChI=1S/C18H20F3N3O3/c1-3-27-15-11(5-4-6-14(15)26-2)9-24-8-7-13-12(10-24)16(25)23-17(22-13)18(19,20)21/h4-6H,3,7-10H2,1-2H3,(H,22,23,25). The maximum absolute atomic E-state index is 12.8. The molecule has 1 aliphatic rings. The molecular formula is C18H20F3N3O3. The van der Waals surface area contributed by atoms with Gasteiger partial charge in [-0.25, -0.2) is 4.98 Å². The second kappa shape index (κ2) is 7.59. The van der Waals surface area contributed by atoms with Crippen LogP contribution in [0, 0.1) is 0 Å². The van der Waals surface area contributed by atoms with E-state index in [1.165, 1.54) is 0 Å². The Bertz CT molecular complexity index is 880. The largest absolute Gasteiger partial charge is 0.493 e. The average Bonchev–Trinajstić information content (AvgIpc) is 2.63. The van der Waals surface area contributed by atoms with E-state index in [1.807, 2.05) is 28.9 Å². The highest BCUT2D eigenvalue weighted by Gasteiger charge is 2.36. The molecule has 3 rings (SSSR count). The molecule has 0 saturated carbocycles. The fraction of sp³-hybridized carbons (Fsp3) is 0.444. The molecule has 0 bridgehead atoms. The van der Waals surface area contributed by atoms with Crippen LogP contribution in [0.5, 0.6) is 11.5 Å². The van der Waals surface area contributed by atoms with Crippen LogP contribution in [0.1, 0.15) is 29.6 Å². The van der Waals surface area contributed by atoms with Crippen LogP contribution in [-0.4, -0.2) is 35.1 Å². The summed E-state index contributed by atoms with van der Waals surface area (Å²) in [5.41, 5.74) is 0.622. The molecule has 1 N–H and O–H groups in total. The van der Waals surface area contributed by atoms with Gasteiger partial charge in [-0.2, -0.15) is 13.2 Å². The zero-order valence-corrected chi connectivity index (χ0v) is 15.0. The Labute approximate surface area is 153 Å². The van der Waals surface area contributed by atoms with Crippen molar-refractivity contribution < 1.29 is 22.6 Å². The van der Waals surface area contributed by atoms with Crippen molar-refractivity contribution in [2.24, 2.45) is 0 Å². The Morgan fingerprint density at radius 3 is 2.78 bits per heavy atom. The second-order valence-corrected chi connectivity index (χ2v) is 6.18. The summed E-state index contributed by atoms with van der Waals surface area (Å²) in [5, 5.41) is 0. The normalized spacial score (nSPS) is 14.7. The number of aromatic amines is 1. The number of hydrogen-bond acceptors (Lipinski definition) is 5. The quantitative estimate of drug-likeness (QED) is 0.860. The first-order chi connectivity index (χ1) is 12.8. The van der Waals surface area contributed by atoms with Gasteiger partial charge in [0.1, 0.15) is 0 Å². The number of H-pyrrole nitrogens is 1. The molecular weight excluding hydrogens is 363 g/mol. The van der Waals surface area contributed by atoms with Crippen LogP contribution in [0.3, 0.4) is 0 Å². The van der Waals surface area contributed by atoms with E-state index in [1.54, 1.807) is 13.2 Å². The molecule has 6 nitrogen and oxygen atoms in total. The number of fused-ring (bicyclic) bond motifs is 1. The fourth-order valence-corrected chi connectivity index (χ4v) is 3.15. The van der Waals surface area contributed by atoms with E-state index in [4.69, 9.17) is 9.47 Å². The van der Waals surface area contributed by atoms with E-state index in [0.29, 0.717) is 31.2 Å². The lowest BCUT2D eigenvalue weighted by Crippen LogP contribution is -2.36. The summed E-state index contributed by atoms with van der Waals surface area (Å²) in [6.45, 7) is 3.53. The van der Waals surface area contributed by atoms with Crippen molar-refractivity contribution in [3.8, 4) is 11.5 Å². The van der Waals surface area contributed by atoms with E-state index < -0.39 is 17.6 Å². The van der Waals surface area contributed by atoms with Crippen molar-refractivity contribution in [2.45, 2.75) is 32.6 Å². The van der Waals surface area contributed by atoms with Gasteiger partial charge in [0.25, 0.3) is 5.56 Å². The van der Waals surface area contributed by atoms with Gasteiger partial charge in [0, 0.05) is 31.6 Å². The van der Waals surface area contributed by atoms with Gasteiger partial charge in [-0.1, -0.05) is 12.1 Å². The lowest BCUT2D eigenvalue weighted by atomic mass is 10.1. The molecule has 0 amide bonds. The Balaban J connectivity index is 1.85. The van der Waals surface area contributed by atoms with Crippen LogP contribution in [0.4, 0.5) is 13.2 Å². The smallest absolute Gasteiger partial charge is 0.449 e. The van der Waals surface area contributed by atoms with Crippen molar-refractivity contribution in [2.75, 3.05) is 20.3 Å². The topological polar surface area (TPSA) is 67.5 Å². The van der Waals surface area contributed by atoms with Crippen LogP contribution in [-0.2, 0) is 25.7 Å². The minimum absolute atomic E-state index is 0.206. The van der Waals surface area contributed by atoms with Gasteiger partial charge in [0.15, 0.2) is 11.5 Å². The highest BCUT2D eigenvalue weighted by Crippen LogP contribution is 2.33. The number of halogens is 3. The average molecular weight is 383 g/mol. The molecule has 0 atom stereocenters. The SMILES string of the molecule is CCOc1c(CN2CCc3nc(C(F)(F)F)[nH]c(=O)c3C2)cccc1OC. The predicted molar refractivity (Wildman–Crippen MR) is 91.8 cm³/mol. The third-order valence-corrected chi connectivity index (χ3v) is 4.38. The highest BCUT2D eigenvalue weighted by atomic mass is 19.4. The zero-order chi connectivity index (χ0) is 19.6. The summed E-state index contributed by atoms with van der Waals surface area (Å²) in [6.07, 6.45) is -4.39. The van der Waals surface area contributed by atoms with Gasteiger partial charge in [0.05, 0.1) is 25.0 Å². The van der Waals surface area contributed by atoms with Gasteiger partial charge < -0.3 is 14.5 Å². The molecule has 1 aromatic heterocycles. The maximum Gasteiger partial charge on any atom is 0.449 e. The Morgan fingerprint density at radius 2 is 2.11 bits per heavy atom. The minimum Gasteiger partial charge on any atom is -0.493 e. The Morgan fingerprint density at radius 1 is 1.33 bits per heavy atom. The molecule has 0 spiro atoms. The number of ether oxygens (including phenoxy) is 2. The van der Waals surface area contributed by atoms with Crippen molar-refractivity contribution in [3.63, 3.8) is 0 Å². The first-order valence-electron chi connectivity index (χ1n) is 8.53. The van der Waals surface area contributed by atoms with Crippen molar-refractivity contribution in [1.29, 1.82) is 0 Å². The van der Waals surface area contributed by atoms with Crippen molar-refractivity contribution in [1.82, 2.24) is 14.9 Å². The third kappa shape index (κ3) is 4.08. The first-order valence-corrected chi connectivity index (χ1v) is 8.53. The number of nitrogens with one attached hydrogen (secondary N) is 1. The zero-order valence-electron chi connectivity index (χ0n) is 15.0. The predicted octanol–water partition coefficient (Wildman–Crippen LogP) is 2.75. The summed E-state index contributed by atoms with van der Waals surface area (Å²) in [6, 6.07) is 5.55. The van der Waals surface area contributed by atoms with Gasteiger partial charge in [0.2, 0.25) is 5.82 Å². The van der Waals surface area contributed by atoms with E-state index in [0.717, 1.165) is 5.56 Å². The molecule has 1 aliphatic heterocycles. The lowest BCUT2D eigenvalue weighted by Gasteiger charge is -2.28.